The zero-order valence-electron chi connectivity index (χ0n) is 18.3. The Kier molecular flexibility index (Phi) is 9.11. The number of nitrogens with zero attached hydrogens (tertiary/aromatic N) is 2. The second-order valence-electron chi connectivity index (χ2n) is 7.51. The van der Waals surface area contributed by atoms with E-state index in [0.29, 0.717) is 16.4 Å². The lowest BCUT2D eigenvalue weighted by Gasteiger charge is -2.23. The molecule has 7 nitrogen and oxygen atoms in total. The predicted molar refractivity (Wildman–Crippen MR) is 127 cm³/mol. The van der Waals surface area contributed by atoms with Crippen molar-refractivity contribution in [1.82, 2.24) is 15.2 Å². The number of nitrogens with one attached hydrogen (secondary N) is 2. The van der Waals surface area contributed by atoms with Gasteiger partial charge in [-0.2, -0.15) is 0 Å². The molecule has 34 heavy (non-hydrogen) atoms. The summed E-state index contributed by atoms with van der Waals surface area (Å²) in [4.78, 5) is 43.1. The Labute approximate surface area is 201 Å². The SMILES string of the molecule is O=C(CN(Cc1ccccc1Cl)C(=O)CCC(=O)Nc1ccccn1)NCc1ccc(F)cc1. The van der Waals surface area contributed by atoms with Gasteiger partial charge in [-0.3, -0.25) is 14.4 Å². The first-order valence-electron chi connectivity index (χ1n) is 10.6. The molecule has 0 aliphatic heterocycles. The summed E-state index contributed by atoms with van der Waals surface area (Å²) >= 11 is 6.24. The van der Waals surface area contributed by atoms with Gasteiger partial charge in [0.1, 0.15) is 11.6 Å². The van der Waals surface area contributed by atoms with Crippen molar-refractivity contribution >= 4 is 35.1 Å². The third kappa shape index (κ3) is 7.97. The van der Waals surface area contributed by atoms with Crippen molar-refractivity contribution in [2.75, 3.05) is 11.9 Å². The molecule has 0 radical (unpaired) electrons. The summed E-state index contributed by atoms with van der Waals surface area (Å²) in [7, 11) is 0. The van der Waals surface area contributed by atoms with E-state index in [4.69, 9.17) is 11.6 Å². The average Bonchev–Trinajstić information content (AvgIpc) is 2.83. The van der Waals surface area contributed by atoms with Crippen molar-refractivity contribution in [3.8, 4) is 0 Å². The van der Waals surface area contributed by atoms with Gasteiger partial charge in [-0.25, -0.2) is 9.37 Å². The van der Waals surface area contributed by atoms with Crippen LogP contribution in [0.3, 0.4) is 0 Å². The van der Waals surface area contributed by atoms with Gasteiger partial charge in [0.2, 0.25) is 17.7 Å². The third-order valence-electron chi connectivity index (χ3n) is 4.91. The van der Waals surface area contributed by atoms with E-state index in [1.165, 1.54) is 17.0 Å². The summed E-state index contributed by atoms with van der Waals surface area (Å²) < 4.78 is 13.1. The van der Waals surface area contributed by atoms with Crippen LogP contribution in [-0.4, -0.2) is 34.2 Å². The Morgan fingerprint density at radius 2 is 1.65 bits per heavy atom. The summed E-state index contributed by atoms with van der Waals surface area (Å²) in [5, 5.41) is 5.83. The first-order valence-corrected chi connectivity index (χ1v) is 11.0. The summed E-state index contributed by atoms with van der Waals surface area (Å²) in [6, 6.07) is 17.9. The smallest absolute Gasteiger partial charge is 0.239 e. The minimum Gasteiger partial charge on any atom is -0.350 e. The van der Waals surface area contributed by atoms with Crippen LogP contribution in [0.25, 0.3) is 0 Å². The molecule has 0 fully saturated rings. The number of aromatic nitrogens is 1. The van der Waals surface area contributed by atoms with E-state index in [0.717, 1.165) is 5.56 Å². The van der Waals surface area contributed by atoms with Crippen molar-refractivity contribution in [2.45, 2.75) is 25.9 Å². The fraction of sp³-hybridized carbons (Fsp3) is 0.200. The van der Waals surface area contributed by atoms with Crippen LogP contribution in [0.1, 0.15) is 24.0 Å². The Hall–Kier alpha value is -3.78. The number of carbonyl (C=O) groups excluding carboxylic acids is 3. The van der Waals surface area contributed by atoms with Crippen LogP contribution < -0.4 is 10.6 Å². The maximum Gasteiger partial charge on any atom is 0.239 e. The van der Waals surface area contributed by atoms with E-state index in [9.17, 15) is 18.8 Å². The zero-order valence-corrected chi connectivity index (χ0v) is 19.1. The Morgan fingerprint density at radius 1 is 0.912 bits per heavy atom. The number of amides is 3. The van der Waals surface area contributed by atoms with E-state index in [1.54, 1.807) is 60.8 Å². The van der Waals surface area contributed by atoms with Gasteiger partial charge in [-0.1, -0.05) is 48.0 Å². The maximum atomic E-state index is 13.1. The van der Waals surface area contributed by atoms with Gasteiger partial charge >= 0.3 is 0 Å². The average molecular weight is 483 g/mol. The molecular weight excluding hydrogens is 459 g/mol. The molecule has 3 rings (SSSR count). The standard InChI is InChI=1S/C25H24ClFN4O3/c26-21-6-2-1-5-19(21)16-31(17-24(33)29-15-18-8-10-20(27)11-9-18)25(34)13-12-23(32)30-22-7-3-4-14-28-22/h1-11,14H,12-13,15-17H2,(H,29,33)(H,28,30,32). The predicted octanol–water partition coefficient (Wildman–Crippen LogP) is 3.94. The molecule has 0 bridgehead atoms. The summed E-state index contributed by atoms with van der Waals surface area (Å²) in [6.07, 6.45) is 1.40. The molecule has 176 valence electrons. The normalized spacial score (nSPS) is 10.4. The highest BCUT2D eigenvalue weighted by molar-refractivity contribution is 6.31. The Bertz CT molecular complexity index is 1130. The van der Waals surface area contributed by atoms with Crippen LogP contribution in [-0.2, 0) is 27.5 Å². The minimum atomic E-state index is -0.386. The number of hydrogen-bond donors (Lipinski definition) is 2. The van der Waals surface area contributed by atoms with Gasteiger partial charge in [0.15, 0.2) is 0 Å². The van der Waals surface area contributed by atoms with Crippen molar-refractivity contribution in [2.24, 2.45) is 0 Å². The van der Waals surface area contributed by atoms with Gasteiger partial charge < -0.3 is 15.5 Å². The van der Waals surface area contributed by atoms with E-state index in [2.05, 4.69) is 15.6 Å². The topological polar surface area (TPSA) is 91.4 Å². The van der Waals surface area contributed by atoms with Crippen molar-refractivity contribution in [1.29, 1.82) is 0 Å². The number of halogens is 2. The van der Waals surface area contributed by atoms with E-state index >= 15 is 0 Å². The van der Waals surface area contributed by atoms with Gasteiger partial charge in [0, 0.05) is 37.2 Å². The first-order chi connectivity index (χ1) is 16.4. The number of carbonyl (C=O) groups is 3. The number of hydrogen-bond acceptors (Lipinski definition) is 4. The van der Waals surface area contributed by atoms with Crippen LogP contribution in [0.15, 0.2) is 72.9 Å². The molecule has 0 spiro atoms. The van der Waals surface area contributed by atoms with Crippen molar-refractivity contribution in [3.05, 3.63) is 94.9 Å². The highest BCUT2D eigenvalue weighted by atomic mass is 35.5. The van der Waals surface area contributed by atoms with Gasteiger partial charge in [0.05, 0.1) is 6.54 Å². The lowest BCUT2D eigenvalue weighted by Crippen LogP contribution is -2.40. The molecule has 9 heteroatoms. The molecule has 0 atom stereocenters. The summed E-state index contributed by atoms with van der Waals surface area (Å²) in [6.45, 7) is 0.0944. The largest absolute Gasteiger partial charge is 0.350 e. The number of anilines is 1. The van der Waals surface area contributed by atoms with E-state index in [-0.39, 0.29) is 56.0 Å². The zero-order chi connectivity index (χ0) is 24.3. The Balaban J connectivity index is 1.60. The molecule has 1 aromatic heterocycles. The van der Waals surface area contributed by atoms with Crippen molar-refractivity contribution in [3.63, 3.8) is 0 Å². The van der Waals surface area contributed by atoms with Crippen molar-refractivity contribution < 1.29 is 18.8 Å². The molecule has 1 heterocycles. The van der Waals surface area contributed by atoms with Crippen LogP contribution >= 0.6 is 11.6 Å². The molecule has 0 aliphatic rings. The molecule has 3 amide bonds. The fourth-order valence-electron chi connectivity index (χ4n) is 3.12. The highest BCUT2D eigenvalue weighted by Crippen LogP contribution is 2.18. The lowest BCUT2D eigenvalue weighted by atomic mass is 10.2. The molecule has 0 saturated heterocycles. The second-order valence-corrected chi connectivity index (χ2v) is 7.91. The summed E-state index contributed by atoms with van der Waals surface area (Å²) in [5.74, 6) is -1.08. The monoisotopic (exact) mass is 482 g/mol. The van der Waals surface area contributed by atoms with Crippen LogP contribution in [0.2, 0.25) is 5.02 Å². The molecule has 0 saturated carbocycles. The molecule has 0 aliphatic carbocycles. The highest BCUT2D eigenvalue weighted by Gasteiger charge is 2.20. The molecular formula is C25H24ClFN4O3. The number of pyridine rings is 1. The summed E-state index contributed by atoms with van der Waals surface area (Å²) in [5.41, 5.74) is 1.41. The quantitative estimate of drug-likeness (QED) is 0.458. The minimum absolute atomic E-state index is 0.0639. The van der Waals surface area contributed by atoms with Crippen LogP contribution in [0.4, 0.5) is 10.2 Å². The fourth-order valence-corrected chi connectivity index (χ4v) is 3.31. The lowest BCUT2D eigenvalue weighted by molar-refractivity contribution is -0.137. The van der Waals surface area contributed by atoms with E-state index < -0.39 is 0 Å². The van der Waals surface area contributed by atoms with E-state index in [1.807, 2.05) is 0 Å². The third-order valence-corrected chi connectivity index (χ3v) is 5.28. The van der Waals surface area contributed by atoms with Crippen LogP contribution in [0.5, 0.6) is 0 Å². The van der Waals surface area contributed by atoms with Crippen LogP contribution in [0, 0.1) is 5.82 Å². The maximum absolute atomic E-state index is 13.1. The second kappa shape index (κ2) is 12.5. The number of rotatable bonds is 10. The molecule has 3 aromatic rings. The number of benzene rings is 2. The van der Waals surface area contributed by atoms with Gasteiger partial charge in [-0.05, 0) is 41.5 Å². The molecule has 2 N–H and O–H groups in total. The molecule has 0 unspecified atom stereocenters. The Morgan fingerprint density at radius 3 is 2.35 bits per heavy atom. The first kappa shape index (κ1) is 24.9. The van der Waals surface area contributed by atoms with Gasteiger partial charge in [0.25, 0.3) is 0 Å². The molecule has 2 aromatic carbocycles. The van der Waals surface area contributed by atoms with Gasteiger partial charge in [-0.15, -0.1) is 0 Å².